The molecule has 3 aromatic rings. The van der Waals surface area contributed by atoms with Crippen LogP contribution in [0.25, 0.3) is 0 Å². The van der Waals surface area contributed by atoms with E-state index in [0.29, 0.717) is 10.6 Å². The summed E-state index contributed by atoms with van der Waals surface area (Å²) in [5, 5.41) is 4.50. The molecule has 0 saturated carbocycles. The standard InChI is InChI=1S/C21H16FNO4S/c1-13(19(24)14-7-9-16(22)10-8-14)27-21(26)15-4-2-5-17(12-15)23-20(25)18-6-3-11-28-18/h2-13H,1H3,(H,23,25)/t13-/m1/s1. The lowest BCUT2D eigenvalue weighted by Gasteiger charge is -2.13. The predicted octanol–water partition coefficient (Wildman–Crippen LogP) is 4.57. The van der Waals surface area contributed by atoms with Crippen LogP contribution in [0.5, 0.6) is 0 Å². The van der Waals surface area contributed by atoms with E-state index in [1.807, 2.05) is 0 Å². The Labute approximate surface area is 164 Å². The summed E-state index contributed by atoms with van der Waals surface area (Å²) in [5.74, 6) is -1.87. The van der Waals surface area contributed by atoms with Crippen LogP contribution in [0.2, 0.25) is 0 Å². The van der Waals surface area contributed by atoms with Crippen LogP contribution in [0.3, 0.4) is 0 Å². The number of Topliss-reactive ketones (excluding diaryl/α,β-unsaturated/α-hetero) is 1. The van der Waals surface area contributed by atoms with Gasteiger partial charge in [0, 0.05) is 11.3 Å². The molecule has 1 N–H and O–H groups in total. The first-order valence-electron chi connectivity index (χ1n) is 8.40. The fourth-order valence-corrected chi connectivity index (χ4v) is 3.07. The van der Waals surface area contributed by atoms with Crippen LogP contribution < -0.4 is 5.32 Å². The van der Waals surface area contributed by atoms with Gasteiger partial charge in [0.2, 0.25) is 5.78 Å². The Morgan fingerprint density at radius 2 is 1.75 bits per heavy atom. The number of anilines is 1. The highest BCUT2D eigenvalue weighted by Gasteiger charge is 2.21. The zero-order valence-corrected chi connectivity index (χ0v) is 15.7. The highest BCUT2D eigenvalue weighted by Crippen LogP contribution is 2.17. The number of thiophene rings is 1. The molecule has 0 spiro atoms. The van der Waals surface area contributed by atoms with Gasteiger partial charge in [0.05, 0.1) is 10.4 Å². The second kappa shape index (κ2) is 8.58. The van der Waals surface area contributed by atoms with Gasteiger partial charge in [0.15, 0.2) is 6.10 Å². The summed E-state index contributed by atoms with van der Waals surface area (Å²) in [6.45, 7) is 1.45. The summed E-state index contributed by atoms with van der Waals surface area (Å²) in [5.41, 5.74) is 0.881. The SMILES string of the molecule is C[C@@H](OC(=O)c1cccc(NC(=O)c2cccs2)c1)C(=O)c1ccc(F)cc1. The Kier molecular flexibility index (Phi) is 5.96. The second-order valence-electron chi connectivity index (χ2n) is 5.93. The monoisotopic (exact) mass is 397 g/mol. The van der Waals surface area contributed by atoms with Crippen molar-refractivity contribution in [1.29, 1.82) is 0 Å². The van der Waals surface area contributed by atoms with E-state index < -0.39 is 23.7 Å². The first-order chi connectivity index (χ1) is 13.4. The molecule has 1 aromatic heterocycles. The number of benzene rings is 2. The van der Waals surface area contributed by atoms with Crippen molar-refractivity contribution >= 4 is 34.7 Å². The number of hydrogen-bond acceptors (Lipinski definition) is 5. The van der Waals surface area contributed by atoms with Crippen LogP contribution in [0.15, 0.2) is 66.0 Å². The summed E-state index contributed by atoms with van der Waals surface area (Å²) < 4.78 is 18.2. The van der Waals surface area contributed by atoms with Crippen LogP contribution in [0.1, 0.15) is 37.3 Å². The van der Waals surface area contributed by atoms with Gasteiger partial charge in [-0.05, 0) is 60.8 Å². The number of ketones is 1. The van der Waals surface area contributed by atoms with Gasteiger partial charge in [-0.15, -0.1) is 11.3 Å². The fourth-order valence-electron chi connectivity index (χ4n) is 2.46. The maximum atomic E-state index is 13.0. The average molecular weight is 397 g/mol. The van der Waals surface area contributed by atoms with Crippen LogP contribution in [0.4, 0.5) is 10.1 Å². The van der Waals surface area contributed by atoms with Crippen LogP contribution in [-0.2, 0) is 4.74 Å². The normalized spacial score (nSPS) is 11.5. The third-order valence-electron chi connectivity index (χ3n) is 3.88. The first kappa shape index (κ1) is 19.4. The Morgan fingerprint density at radius 3 is 2.43 bits per heavy atom. The number of nitrogens with one attached hydrogen (secondary N) is 1. The van der Waals surface area contributed by atoms with E-state index in [4.69, 9.17) is 4.74 Å². The molecule has 0 saturated heterocycles. The lowest BCUT2D eigenvalue weighted by Crippen LogP contribution is -2.24. The van der Waals surface area contributed by atoms with E-state index in [9.17, 15) is 18.8 Å². The van der Waals surface area contributed by atoms with E-state index in [2.05, 4.69) is 5.32 Å². The van der Waals surface area contributed by atoms with Gasteiger partial charge in [0.1, 0.15) is 5.82 Å². The molecule has 142 valence electrons. The minimum Gasteiger partial charge on any atom is -0.451 e. The number of halogens is 1. The van der Waals surface area contributed by atoms with Crippen molar-refractivity contribution in [3.05, 3.63) is 87.9 Å². The molecular formula is C21H16FNO4S. The summed E-state index contributed by atoms with van der Waals surface area (Å²) >= 11 is 1.31. The smallest absolute Gasteiger partial charge is 0.338 e. The lowest BCUT2D eigenvalue weighted by atomic mass is 10.1. The number of amides is 1. The third kappa shape index (κ3) is 4.69. The number of rotatable bonds is 6. The maximum absolute atomic E-state index is 13.0. The van der Waals surface area contributed by atoms with Gasteiger partial charge < -0.3 is 10.1 Å². The van der Waals surface area contributed by atoms with E-state index in [-0.39, 0.29) is 17.0 Å². The van der Waals surface area contributed by atoms with Crippen molar-refractivity contribution in [3.8, 4) is 0 Å². The minimum atomic E-state index is -1.04. The van der Waals surface area contributed by atoms with Gasteiger partial charge in [-0.2, -0.15) is 0 Å². The lowest BCUT2D eigenvalue weighted by molar-refractivity contribution is 0.0319. The van der Waals surface area contributed by atoms with Crippen molar-refractivity contribution in [3.63, 3.8) is 0 Å². The first-order valence-corrected chi connectivity index (χ1v) is 9.27. The van der Waals surface area contributed by atoms with Crippen molar-refractivity contribution in [2.75, 3.05) is 5.32 Å². The fraction of sp³-hybridized carbons (Fsp3) is 0.0952. The molecule has 1 amide bonds. The topological polar surface area (TPSA) is 72.5 Å². The number of carbonyl (C=O) groups is 3. The number of hydrogen-bond donors (Lipinski definition) is 1. The van der Waals surface area contributed by atoms with E-state index >= 15 is 0 Å². The van der Waals surface area contributed by atoms with Crippen molar-refractivity contribution in [2.45, 2.75) is 13.0 Å². The van der Waals surface area contributed by atoms with E-state index in [1.165, 1.54) is 54.7 Å². The summed E-state index contributed by atoms with van der Waals surface area (Å²) in [4.78, 5) is 37.3. The van der Waals surface area contributed by atoms with Crippen LogP contribution in [-0.4, -0.2) is 23.8 Å². The number of esters is 1. The Bertz CT molecular complexity index is 1000. The zero-order valence-electron chi connectivity index (χ0n) is 14.8. The van der Waals surface area contributed by atoms with E-state index in [0.717, 1.165) is 0 Å². The van der Waals surface area contributed by atoms with Crippen molar-refractivity contribution in [2.24, 2.45) is 0 Å². The van der Waals surface area contributed by atoms with Gasteiger partial charge in [-0.1, -0.05) is 12.1 Å². The largest absolute Gasteiger partial charge is 0.451 e. The summed E-state index contributed by atoms with van der Waals surface area (Å²) in [6.07, 6.45) is -1.04. The van der Waals surface area contributed by atoms with Gasteiger partial charge in [-0.25, -0.2) is 9.18 Å². The average Bonchev–Trinajstić information content (AvgIpc) is 3.23. The predicted molar refractivity (Wildman–Crippen MR) is 104 cm³/mol. The summed E-state index contributed by atoms with van der Waals surface area (Å²) in [6, 6.07) is 14.7. The van der Waals surface area contributed by atoms with Gasteiger partial charge in [-0.3, -0.25) is 9.59 Å². The quantitative estimate of drug-likeness (QED) is 0.489. The Hall–Kier alpha value is -3.32. The molecule has 0 unspecified atom stereocenters. The molecule has 0 aliphatic carbocycles. The van der Waals surface area contributed by atoms with Crippen LogP contribution >= 0.6 is 11.3 Å². The maximum Gasteiger partial charge on any atom is 0.338 e. The molecule has 3 rings (SSSR count). The van der Waals surface area contributed by atoms with Gasteiger partial charge in [0.25, 0.3) is 5.91 Å². The highest BCUT2D eigenvalue weighted by molar-refractivity contribution is 7.12. The third-order valence-corrected chi connectivity index (χ3v) is 4.75. The van der Waals surface area contributed by atoms with Gasteiger partial charge >= 0.3 is 5.97 Å². The molecule has 1 atom stereocenters. The molecule has 0 aliphatic heterocycles. The minimum absolute atomic E-state index is 0.197. The molecule has 5 nitrogen and oxygen atoms in total. The molecular weight excluding hydrogens is 381 g/mol. The van der Waals surface area contributed by atoms with E-state index in [1.54, 1.807) is 29.6 Å². The molecule has 28 heavy (non-hydrogen) atoms. The van der Waals surface area contributed by atoms with Crippen LogP contribution in [0, 0.1) is 5.82 Å². The number of ether oxygens (including phenoxy) is 1. The Balaban J connectivity index is 1.66. The second-order valence-corrected chi connectivity index (χ2v) is 6.88. The zero-order chi connectivity index (χ0) is 20.1. The summed E-state index contributed by atoms with van der Waals surface area (Å²) in [7, 11) is 0. The molecule has 2 aromatic carbocycles. The molecule has 0 bridgehead atoms. The molecule has 0 aliphatic rings. The van der Waals surface area contributed by atoms with Crippen molar-refractivity contribution in [1.82, 2.24) is 0 Å². The Morgan fingerprint density at radius 1 is 1.00 bits per heavy atom. The molecule has 0 radical (unpaired) electrons. The number of carbonyl (C=O) groups excluding carboxylic acids is 3. The molecule has 7 heteroatoms. The highest BCUT2D eigenvalue weighted by atomic mass is 32.1. The molecule has 0 fully saturated rings. The molecule has 1 heterocycles. The van der Waals surface area contributed by atoms with Crippen molar-refractivity contribution < 1.29 is 23.5 Å².